The lowest BCUT2D eigenvalue weighted by molar-refractivity contribution is -0.137. The van der Waals surface area contributed by atoms with Gasteiger partial charge < -0.3 is 4.74 Å². The molecule has 0 fully saturated rings. The van der Waals surface area contributed by atoms with Crippen molar-refractivity contribution in [1.82, 2.24) is 4.90 Å². The van der Waals surface area contributed by atoms with Gasteiger partial charge in [-0.1, -0.05) is 48.2 Å². The largest absolute Gasteiger partial charge is 0.481 e. The zero-order chi connectivity index (χ0) is 20.1. The summed E-state index contributed by atoms with van der Waals surface area (Å²) < 4.78 is 44.2. The van der Waals surface area contributed by atoms with Gasteiger partial charge in [-0.3, -0.25) is 14.7 Å². The molecular weight excluding hydrogens is 389 g/mol. The number of aliphatic imine (C=N–C) groups is 1. The van der Waals surface area contributed by atoms with Crippen LogP contribution >= 0.6 is 11.8 Å². The van der Waals surface area contributed by atoms with Gasteiger partial charge in [0.2, 0.25) is 0 Å². The fourth-order valence-corrected chi connectivity index (χ4v) is 3.71. The summed E-state index contributed by atoms with van der Waals surface area (Å²) in [6.45, 7) is 2.57. The van der Waals surface area contributed by atoms with Crippen LogP contribution in [0.3, 0.4) is 0 Å². The Balaban J connectivity index is 1.61. The van der Waals surface area contributed by atoms with Gasteiger partial charge in [0.15, 0.2) is 11.3 Å². The lowest BCUT2D eigenvalue weighted by Gasteiger charge is -2.22. The Hall–Kier alpha value is -2.48. The van der Waals surface area contributed by atoms with Crippen molar-refractivity contribution in [3.63, 3.8) is 0 Å². The van der Waals surface area contributed by atoms with Crippen LogP contribution in [0, 0.1) is 0 Å². The summed E-state index contributed by atoms with van der Waals surface area (Å²) in [4.78, 5) is 18.6. The van der Waals surface area contributed by atoms with Crippen LogP contribution in [-0.4, -0.2) is 35.2 Å². The summed E-state index contributed by atoms with van der Waals surface area (Å²) in [6, 6.07) is 14.2. The van der Waals surface area contributed by atoms with E-state index >= 15 is 0 Å². The van der Waals surface area contributed by atoms with Crippen LogP contribution in [0.1, 0.15) is 18.1 Å². The second kappa shape index (κ2) is 8.68. The Kier molecular flexibility index (Phi) is 6.28. The molecule has 0 aliphatic carbocycles. The Morgan fingerprint density at radius 1 is 1.21 bits per heavy atom. The van der Waals surface area contributed by atoms with E-state index in [1.54, 1.807) is 25.1 Å². The molecule has 3 rings (SSSR count). The third kappa shape index (κ3) is 5.07. The normalized spacial score (nSPS) is 15.3. The van der Waals surface area contributed by atoms with Crippen LogP contribution in [0.5, 0.6) is 5.75 Å². The summed E-state index contributed by atoms with van der Waals surface area (Å²) in [5.74, 6) is 0.662. The van der Waals surface area contributed by atoms with E-state index < -0.39 is 17.8 Å². The number of amides is 1. The minimum Gasteiger partial charge on any atom is -0.481 e. The number of para-hydroxylation sites is 1. The van der Waals surface area contributed by atoms with E-state index in [0.29, 0.717) is 35.3 Å². The molecule has 0 aromatic heterocycles. The van der Waals surface area contributed by atoms with E-state index in [1.807, 2.05) is 18.2 Å². The van der Waals surface area contributed by atoms with Crippen LogP contribution in [-0.2, 0) is 16.7 Å². The van der Waals surface area contributed by atoms with Gasteiger partial charge in [-0.25, -0.2) is 0 Å². The first-order valence-electron chi connectivity index (χ1n) is 8.71. The predicted octanol–water partition coefficient (Wildman–Crippen LogP) is 4.60. The highest BCUT2D eigenvalue weighted by Crippen LogP contribution is 2.30. The number of carbonyl (C=O) groups is 1. The van der Waals surface area contributed by atoms with Crippen molar-refractivity contribution in [3.8, 4) is 5.75 Å². The van der Waals surface area contributed by atoms with Crippen molar-refractivity contribution in [2.45, 2.75) is 25.0 Å². The van der Waals surface area contributed by atoms with Gasteiger partial charge in [0.05, 0.1) is 12.1 Å². The van der Waals surface area contributed by atoms with Gasteiger partial charge >= 0.3 is 6.18 Å². The summed E-state index contributed by atoms with van der Waals surface area (Å²) >= 11 is 1.25. The molecule has 1 amide bonds. The molecule has 0 bridgehead atoms. The molecule has 0 N–H and O–H groups in total. The molecule has 2 aromatic rings. The lowest BCUT2D eigenvalue weighted by Crippen LogP contribution is -2.41. The second-order valence-electron chi connectivity index (χ2n) is 6.21. The Morgan fingerprint density at radius 2 is 1.96 bits per heavy atom. The predicted molar refractivity (Wildman–Crippen MR) is 103 cm³/mol. The molecule has 0 radical (unpaired) electrons. The average molecular weight is 408 g/mol. The smallest absolute Gasteiger partial charge is 0.416 e. The van der Waals surface area contributed by atoms with E-state index in [-0.39, 0.29) is 5.91 Å². The molecule has 1 heterocycles. The molecule has 1 atom stereocenters. The number of alkyl halides is 3. The number of hydrogen-bond acceptors (Lipinski definition) is 4. The van der Waals surface area contributed by atoms with E-state index in [1.165, 1.54) is 22.7 Å². The third-order valence-corrected chi connectivity index (χ3v) is 5.18. The molecule has 0 saturated carbocycles. The molecule has 1 aliphatic heterocycles. The van der Waals surface area contributed by atoms with Gasteiger partial charge in [0, 0.05) is 12.3 Å². The summed E-state index contributed by atoms with van der Waals surface area (Å²) in [5.41, 5.74) is -0.160. The third-order valence-electron chi connectivity index (χ3n) is 4.09. The van der Waals surface area contributed by atoms with Crippen molar-refractivity contribution in [1.29, 1.82) is 0 Å². The minimum absolute atomic E-state index is 0.225. The maximum atomic E-state index is 12.8. The first kappa shape index (κ1) is 20.3. The molecule has 28 heavy (non-hydrogen) atoms. The average Bonchev–Trinajstić information content (AvgIpc) is 3.14. The van der Waals surface area contributed by atoms with Crippen LogP contribution in [0.4, 0.5) is 13.2 Å². The zero-order valence-electron chi connectivity index (χ0n) is 15.1. The molecule has 8 heteroatoms. The molecule has 4 nitrogen and oxygen atoms in total. The Morgan fingerprint density at radius 3 is 2.68 bits per heavy atom. The van der Waals surface area contributed by atoms with Crippen molar-refractivity contribution in [2.24, 2.45) is 4.99 Å². The number of thioether (sulfide) groups is 1. The fourth-order valence-electron chi connectivity index (χ4n) is 2.71. The van der Waals surface area contributed by atoms with Gasteiger partial charge in [-0.2, -0.15) is 13.2 Å². The van der Waals surface area contributed by atoms with Crippen molar-refractivity contribution in [3.05, 3.63) is 65.7 Å². The van der Waals surface area contributed by atoms with Crippen molar-refractivity contribution < 1.29 is 22.7 Å². The number of amidine groups is 1. The number of benzene rings is 2. The number of hydrogen-bond donors (Lipinski definition) is 0. The van der Waals surface area contributed by atoms with Gasteiger partial charge in [0.25, 0.3) is 5.91 Å². The molecule has 0 saturated heterocycles. The first-order chi connectivity index (χ1) is 13.3. The molecule has 0 spiro atoms. The van der Waals surface area contributed by atoms with Crippen LogP contribution in [0.2, 0.25) is 0 Å². The summed E-state index contributed by atoms with van der Waals surface area (Å²) in [7, 11) is 0. The maximum Gasteiger partial charge on any atom is 0.416 e. The molecule has 2 aromatic carbocycles. The summed E-state index contributed by atoms with van der Waals surface area (Å²) in [6.07, 6.45) is -5.07. The molecule has 148 valence electrons. The number of nitrogens with zero attached hydrogens (tertiary/aromatic N) is 2. The summed E-state index contributed by atoms with van der Waals surface area (Å²) in [5, 5.41) is 0.505. The van der Waals surface area contributed by atoms with E-state index in [0.717, 1.165) is 12.1 Å². The minimum atomic E-state index is -4.38. The number of carbonyl (C=O) groups excluding carboxylic acids is 1. The second-order valence-corrected chi connectivity index (χ2v) is 7.16. The fraction of sp³-hybridized carbons (Fsp3) is 0.300. The standard InChI is InChI=1S/C20H19F3N2O2S/c1-14(27-17-8-3-2-4-9-17)18(26)25-11-10-24-19(25)28-13-15-6-5-7-16(12-15)20(21,22)23/h2-9,12,14H,10-11,13H2,1H3. The Labute approximate surface area is 165 Å². The van der Waals surface area contributed by atoms with Crippen LogP contribution < -0.4 is 4.74 Å². The number of halogens is 3. The van der Waals surface area contributed by atoms with Crippen LogP contribution in [0.15, 0.2) is 59.6 Å². The SMILES string of the molecule is CC(Oc1ccccc1)C(=O)N1CCN=C1SCc1cccc(C(F)(F)F)c1. The highest BCUT2D eigenvalue weighted by Gasteiger charge is 2.31. The Bertz CT molecular complexity index is 856. The topological polar surface area (TPSA) is 41.9 Å². The number of ether oxygens (including phenoxy) is 1. The first-order valence-corrected chi connectivity index (χ1v) is 9.69. The maximum absolute atomic E-state index is 12.8. The number of rotatable bonds is 5. The van der Waals surface area contributed by atoms with E-state index in [9.17, 15) is 18.0 Å². The van der Waals surface area contributed by atoms with Gasteiger partial charge in [-0.05, 0) is 30.7 Å². The van der Waals surface area contributed by atoms with Gasteiger partial charge in [0.1, 0.15) is 5.75 Å². The molecule has 1 unspecified atom stereocenters. The monoisotopic (exact) mass is 408 g/mol. The molecular formula is C20H19F3N2O2S. The quantitative estimate of drug-likeness (QED) is 0.726. The van der Waals surface area contributed by atoms with Crippen LogP contribution in [0.25, 0.3) is 0 Å². The highest BCUT2D eigenvalue weighted by atomic mass is 32.2. The van der Waals surface area contributed by atoms with Gasteiger partial charge in [-0.15, -0.1) is 0 Å². The molecule has 1 aliphatic rings. The van der Waals surface area contributed by atoms with E-state index in [4.69, 9.17) is 4.74 Å². The van der Waals surface area contributed by atoms with E-state index in [2.05, 4.69) is 4.99 Å². The highest BCUT2D eigenvalue weighted by molar-refractivity contribution is 8.13. The zero-order valence-corrected chi connectivity index (χ0v) is 16.0. The van der Waals surface area contributed by atoms with Crippen molar-refractivity contribution >= 4 is 22.8 Å². The lowest BCUT2D eigenvalue weighted by atomic mass is 10.1. The van der Waals surface area contributed by atoms with Crippen molar-refractivity contribution in [2.75, 3.05) is 13.1 Å².